The Morgan fingerprint density at radius 3 is 1.87 bits per heavy atom. The fraction of sp³-hybridized carbons (Fsp3) is 0.0909. The second-order valence-corrected chi connectivity index (χ2v) is 2.34. The zero-order chi connectivity index (χ0) is 8.65. The minimum atomic E-state index is 0. The van der Waals surface area contributed by atoms with Crippen LogP contribution in [-0.4, -0.2) is 5.11 Å². The van der Waals surface area contributed by atoms with Crippen LogP contribution in [0.1, 0.15) is 6.42 Å². The maximum Gasteiger partial charge on any atom is 3.00 e. The van der Waals surface area contributed by atoms with E-state index < -0.39 is 0 Å². The van der Waals surface area contributed by atoms with Crippen molar-refractivity contribution in [3.63, 3.8) is 0 Å². The first-order valence-electron chi connectivity index (χ1n) is 3.85. The molecule has 0 spiro atoms. The predicted molar refractivity (Wildman–Crippen MR) is 49.7 cm³/mol. The molecule has 0 amide bonds. The van der Waals surface area contributed by atoms with Crippen molar-refractivity contribution in [2.75, 3.05) is 0 Å². The number of hydrogen-bond donors (Lipinski definition) is 1. The summed E-state index contributed by atoms with van der Waals surface area (Å²) in [5, 5.41) is 8.63. The van der Waals surface area contributed by atoms with E-state index in [4.69, 9.17) is 5.11 Å². The summed E-state index contributed by atoms with van der Waals surface area (Å²) in [7, 11) is 0. The van der Waals surface area contributed by atoms with Crippen LogP contribution in [0.2, 0.25) is 0 Å². The van der Waals surface area contributed by atoms with Gasteiger partial charge in [-0.15, -0.1) is 6.42 Å². The number of allylic oxidation sites excluding steroid dienone is 4. The van der Waals surface area contributed by atoms with Crippen molar-refractivity contribution in [1.29, 1.82) is 0 Å². The van der Waals surface area contributed by atoms with Gasteiger partial charge in [0.15, 0.2) is 0 Å². The maximum absolute atomic E-state index is 8.63. The van der Waals surface area contributed by atoms with Gasteiger partial charge >= 0.3 is 26.2 Å². The molecule has 0 bridgehead atoms. The molecule has 2 rings (SSSR count). The number of benzene rings is 1. The molecule has 4 heteroatoms. The van der Waals surface area contributed by atoms with Gasteiger partial charge in [-0.1, -0.05) is 18.2 Å². The molecule has 0 fully saturated rings. The first-order chi connectivity index (χ1) is 5.89. The quantitative estimate of drug-likeness (QED) is 0.497. The fourth-order valence-electron chi connectivity index (χ4n) is 0.768. The molecule has 1 aliphatic rings. The van der Waals surface area contributed by atoms with Crippen LogP contribution in [0.25, 0.3) is 0 Å². The molecule has 1 radical (unpaired) electrons. The van der Waals surface area contributed by atoms with E-state index in [9.17, 15) is 0 Å². The first kappa shape index (κ1) is 20.4. The van der Waals surface area contributed by atoms with Crippen molar-refractivity contribution in [2.45, 2.75) is 6.42 Å². The van der Waals surface area contributed by atoms with Crippen LogP contribution in [-0.2, 0) is 26.2 Å². The van der Waals surface area contributed by atoms with E-state index in [1.807, 2.05) is 18.2 Å². The molecule has 1 nitrogen and oxygen atoms in total. The molecule has 0 saturated heterocycles. The zero-order valence-electron chi connectivity index (χ0n) is 8.03. The van der Waals surface area contributed by atoms with Crippen molar-refractivity contribution in [1.82, 2.24) is 0 Å². The number of phenolic OH excluding ortho intramolecular Hbond substituents is 1. The van der Waals surface area contributed by atoms with Crippen molar-refractivity contribution >= 4 is 0 Å². The Bertz CT molecular complexity index is 263. The van der Waals surface area contributed by atoms with Crippen LogP contribution < -0.4 is 24.8 Å². The Labute approximate surface area is 122 Å². The summed E-state index contributed by atoms with van der Waals surface area (Å²) in [5.74, 6) is 0.322. The van der Waals surface area contributed by atoms with Crippen LogP contribution in [0.3, 0.4) is 0 Å². The van der Waals surface area contributed by atoms with Gasteiger partial charge in [0.2, 0.25) is 0 Å². The smallest absolute Gasteiger partial charge is 1.00 e. The Morgan fingerprint density at radius 2 is 1.67 bits per heavy atom. The molecule has 1 aromatic rings. The van der Waals surface area contributed by atoms with E-state index in [-0.39, 0.29) is 51.0 Å². The molecule has 1 aromatic carbocycles. The van der Waals surface area contributed by atoms with Gasteiger partial charge in [0.25, 0.3) is 0 Å². The minimum Gasteiger partial charge on any atom is -1.00 e. The fourth-order valence-corrected chi connectivity index (χ4v) is 0.768. The molecule has 0 heterocycles. The van der Waals surface area contributed by atoms with Crippen LogP contribution >= 0.6 is 0 Å². The zero-order valence-corrected chi connectivity index (χ0v) is 12.0. The summed E-state index contributed by atoms with van der Waals surface area (Å²) < 4.78 is 0. The summed E-state index contributed by atoms with van der Waals surface area (Å²) >= 11 is 0. The monoisotopic (exact) mass is 319 g/mol. The SMILES string of the molecule is Oc1ccccc1.[C-]1=CC=CC1.[Cl-].[Cl-].[Zr+3]. The van der Waals surface area contributed by atoms with Crippen molar-refractivity contribution in [3.05, 3.63) is 54.6 Å². The van der Waals surface area contributed by atoms with Gasteiger partial charge in [0.05, 0.1) is 0 Å². The van der Waals surface area contributed by atoms with Crippen LogP contribution in [0.15, 0.2) is 48.6 Å². The summed E-state index contributed by atoms with van der Waals surface area (Å²) in [6.45, 7) is 0. The van der Waals surface area contributed by atoms with Crippen LogP contribution in [0.5, 0.6) is 5.75 Å². The van der Waals surface area contributed by atoms with Gasteiger partial charge in [0, 0.05) is 0 Å². The second kappa shape index (κ2) is 14.0. The van der Waals surface area contributed by atoms with Gasteiger partial charge in [-0.25, -0.2) is 12.2 Å². The summed E-state index contributed by atoms with van der Waals surface area (Å²) in [5.41, 5.74) is 0. The largest absolute Gasteiger partial charge is 3.00 e. The third kappa shape index (κ3) is 11.9. The number of halogens is 2. The normalized spacial score (nSPS) is 9.87. The van der Waals surface area contributed by atoms with E-state index >= 15 is 0 Å². The Morgan fingerprint density at radius 1 is 1.07 bits per heavy atom. The van der Waals surface area contributed by atoms with E-state index in [2.05, 4.69) is 12.2 Å². The van der Waals surface area contributed by atoms with Gasteiger partial charge in [-0.05, 0) is 12.1 Å². The van der Waals surface area contributed by atoms with E-state index in [1.54, 1.807) is 24.3 Å². The summed E-state index contributed by atoms with van der Waals surface area (Å²) in [4.78, 5) is 0. The van der Waals surface area contributed by atoms with Crippen molar-refractivity contribution < 1.29 is 56.1 Å². The molecule has 1 aliphatic carbocycles. The molecular formula is C11H11Cl2OZr. The first-order valence-corrected chi connectivity index (χ1v) is 3.85. The van der Waals surface area contributed by atoms with Gasteiger partial charge in [-0.2, -0.15) is 6.08 Å². The Balaban J connectivity index is -0.000000165. The molecular weight excluding hydrogens is 310 g/mol. The summed E-state index contributed by atoms with van der Waals surface area (Å²) in [6.07, 6.45) is 10.0. The molecule has 0 saturated carbocycles. The van der Waals surface area contributed by atoms with Crippen LogP contribution in [0, 0.1) is 6.08 Å². The van der Waals surface area contributed by atoms with Gasteiger partial charge < -0.3 is 29.9 Å². The Hall–Kier alpha value is -0.0369. The molecule has 0 aromatic heterocycles. The molecule has 79 valence electrons. The second-order valence-electron chi connectivity index (χ2n) is 2.34. The van der Waals surface area contributed by atoms with Gasteiger partial charge in [0.1, 0.15) is 5.75 Å². The number of phenols is 1. The average molecular weight is 321 g/mol. The van der Waals surface area contributed by atoms with Crippen molar-refractivity contribution in [2.24, 2.45) is 0 Å². The molecule has 15 heavy (non-hydrogen) atoms. The third-order valence-corrected chi connectivity index (χ3v) is 1.34. The maximum atomic E-state index is 8.63. The number of hydrogen-bond acceptors (Lipinski definition) is 1. The average Bonchev–Trinajstić information content (AvgIpc) is 2.62. The van der Waals surface area contributed by atoms with E-state index in [0.29, 0.717) is 5.75 Å². The summed E-state index contributed by atoms with van der Waals surface area (Å²) in [6, 6.07) is 8.71. The molecule has 1 N–H and O–H groups in total. The van der Waals surface area contributed by atoms with Crippen LogP contribution in [0.4, 0.5) is 0 Å². The Kier molecular flexibility index (Phi) is 19.0. The number of para-hydroxylation sites is 1. The topological polar surface area (TPSA) is 20.2 Å². The standard InChI is InChI=1S/C6H6O.C5H5.2ClH.Zr/c7-6-4-2-1-3-5-6;1-2-4-5-3-1;;;/h1-5,7H;1-3H,4H2;2*1H;/q;-1;;;+3/p-2. The third-order valence-electron chi connectivity index (χ3n) is 1.34. The number of aromatic hydroxyl groups is 1. The molecule has 0 atom stereocenters. The minimum absolute atomic E-state index is 0. The van der Waals surface area contributed by atoms with Crippen molar-refractivity contribution in [3.8, 4) is 5.75 Å². The molecule has 0 unspecified atom stereocenters. The molecule has 0 aliphatic heterocycles. The van der Waals surface area contributed by atoms with Gasteiger partial charge in [-0.3, -0.25) is 6.08 Å². The predicted octanol–water partition coefficient (Wildman–Crippen LogP) is -3.30. The van der Waals surface area contributed by atoms with E-state index in [1.165, 1.54) is 0 Å². The number of rotatable bonds is 0. The van der Waals surface area contributed by atoms with E-state index in [0.717, 1.165) is 6.42 Å².